The Morgan fingerprint density at radius 3 is 2.15 bits per heavy atom. The number of furan rings is 1. The molecule has 0 saturated carbocycles. The van der Waals surface area contributed by atoms with Crippen molar-refractivity contribution in [1.82, 2.24) is 0 Å². The van der Waals surface area contributed by atoms with Crippen molar-refractivity contribution >= 4 is 40.3 Å². The van der Waals surface area contributed by atoms with Crippen molar-refractivity contribution in [3.63, 3.8) is 0 Å². The Balaban J connectivity index is 1.34. The minimum atomic E-state index is 0.461. The minimum Gasteiger partial charge on any atom is -0.457 e. The molecule has 6 aromatic carbocycles. The maximum Gasteiger partial charge on any atom is 0.161 e. The largest absolute Gasteiger partial charge is 0.457 e. The lowest BCUT2D eigenvalue weighted by Gasteiger charge is -2.11. The van der Waals surface area contributed by atoms with Crippen molar-refractivity contribution in [3.05, 3.63) is 168 Å². The highest BCUT2D eigenvalue weighted by Gasteiger charge is 2.19. The molecule has 5 heteroatoms. The quantitative estimate of drug-likeness (QED) is 0.136. The van der Waals surface area contributed by atoms with Gasteiger partial charge in [-0.3, -0.25) is 4.99 Å². The maximum absolute atomic E-state index is 6.48. The molecular weight excluding hydrogens is 566 g/mol. The fraction of sp³-hybridized carbons (Fsp3) is 0.0488. The Morgan fingerprint density at radius 1 is 0.696 bits per heavy atom. The second-order valence-corrected chi connectivity index (χ2v) is 10.9. The zero-order valence-corrected chi connectivity index (χ0v) is 25.4. The fourth-order valence-electron chi connectivity index (χ4n) is 5.55. The van der Waals surface area contributed by atoms with E-state index in [1.54, 1.807) is 0 Å². The first-order valence-electron chi connectivity index (χ1n) is 15.2. The summed E-state index contributed by atoms with van der Waals surface area (Å²) in [4.78, 5) is 14.5. The Kier molecular flexibility index (Phi) is 8.04. The predicted octanol–water partition coefficient (Wildman–Crippen LogP) is 10.4. The van der Waals surface area contributed by atoms with Crippen molar-refractivity contribution in [3.8, 4) is 22.6 Å². The number of hydrogen-bond donors (Lipinski definition) is 0. The molecule has 222 valence electrons. The first-order valence-corrected chi connectivity index (χ1v) is 15.2. The van der Waals surface area contributed by atoms with Crippen molar-refractivity contribution < 1.29 is 9.15 Å². The molecular formula is C41H31N3O2. The van der Waals surface area contributed by atoms with Crippen LogP contribution in [0.25, 0.3) is 33.1 Å². The van der Waals surface area contributed by atoms with Gasteiger partial charge in [0, 0.05) is 27.5 Å². The van der Waals surface area contributed by atoms with Gasteiger partial charge in [-0.25, -0.2) is 9.98 Å². The lowest BCUT2D eigenvalue weighted by Crippen LogP contribution is -2.06. The molecule has 0 aliphatic carbocycles. The molecule has 0 bridgehead atoms. The van der Waals surface area contributed by atoms with E-state index in [2.05, 4.69) is 48.1 Å². The Labute approximate surface area is 267 Å². The van der Waals surface area contributed by atoms with E-state index >= 15 is 0 Å². The standard InChI is InChI=1S/C41H31N3O2/c1-28-13-9-11-19-36(28)45-32-23-21-31(22-24-32)40(43-27-29-14-5-3-6-15-29)44-41(42-2)35-26-25-33(30-16-7-4-8-17-30)39-38(35)34-18-10-12-20-37(34)46-39/h3-26H,2,27H2,1H3/b43-40-,44-41-. The van der Waals surface area contributed by atoms with Crippen molar-refractivity contribution in [2.45, 2.75) is 13.5 Å². The number of rotatable bonds is 7. The molecule has 0 unspecified atom stereocenters. The van der Waals surface area contributed by atoms with Gasteiger partial charge in [0.05, 0.1) is 6.54 Å². The molecule has 1 heterocycles. The van der Waals surface area contributed by atoms with Crippen LogP contribution in [-0.4, -0.2) is 18.4 Å². The second-order valence-electron chi connectivity index (χ2n) is 10.9. The summed E-state index contributed by atoms with van der Waals surface area (Å²) in [5.41, 5.74) is 7.46. The van der Waals surface area contributed by atoms with Crippen molar-refractivity contribution in [2.75, 3.05) is 0 Å². The SMILES string of the molecule is C=N/C(=N\C(=N/Cc1ccccc1)c1ccc(Oc2ccccc2C)cc1)c1ccc(-c2ccccc2)c2oc3ccccc3c12. The average molecular weight is 598 g/mol. The summed E-state index contributed by atoms with van der Waals surface area (Å²) in [6.07, 6.45) is 0. The first kappa shape index (κ1) is 28.7. The first-order chi connectivity index (χ1) is 22.7. The maximum atomic E-state index is 6.48. The molecule has 7 rings (SSSR count). The predicted molar refractivity (Wildman–Crippen MR) is 190 cm³/mol. The molecule has 5 nitrogen and oxygen atoms in total. The summed E-state index contributed by atoms with van der Waals surface area (Å²) in [5.74, 6) is 2.55. The topological polar surface area (TPSA) is 59.5 Å². The zero-order chi connectivity index (χ0) is 31.3. The number of aliphatic imine (C=N–C) groups is 3. The molecule has 7 aromatic rings. The second kappa shape index (κ2) is 12.9. The van der Waals surface area contributed by atoms with Gasteiger partial charge in [-0.05, 0) is 78.9 Å². The molecule has 1 aromatic heterocycles. The van der Waals surface area contributed by atoms with Gasteiger partial charge in [-0.2, -0.15) is 0 Å². The summed E-state index contributed by atoms with van der Waals surface area (Å²) < 4.78 is 12.6. The Bertz CT molecular complexity index is 2210. The van der Waals surface area contributed by atoms with Crippen LogP contribution < -0.4 is 4.74 Å². The third-order valence-electron chi connectivity index (χ3n) is 7.90. The van der Waals surface area contributed by atoms with Gasteiger partial charge < -0.3 is 9.15 Å². The van der Waals surface area contributed by atoms with Crippen LogP contribution >= 0.6 is 0 Å². The van der Waals surface area contributed by atoms with Gasteiger partial charge >= 0.3 is 0 Å². The van der Waals surface area contributed by atoms with Crippen LogP contribution in [0.15, 0.2) is 165 Å². The van der Waals surface area contributed by atoms with Crippen molar-refractivity contribution in [1.29, 1.82) is 0 Å². The van der Waals surface area contributed by atoms with E-state index in [1.807, 2.05) is 116 Å². The fourth-order valence-corrected chi connectivity index (χ4v) is 5.55. The highest BCUT2D eigenvalue weighted by Crippen LogP contribution is 2.38. The van der Waals surface area contributed by atoms with E-state index in [0.717, 1.165) is 66.8 Å². The monoisotopic (exact) mass is 597 g/mol. The highest BCUT2D eigenvalue weighted by molar-refractivity contribution is 6.23. The molecule has 0 aliphatic rings. The average Bonchev–Trinajstić information content (AvgIpc) is 3.50. The number of para-hydroxylation sites is 2. The van der Waals surface area contributed by atoms with Gasteiger partial charge in [0.15, 0.2) is 11.7 Å². The van der Waals surface area contributed by atoms with E-state index < -0.39 is 0 Å². The van der Waals surface area contributed by atoms with Crippen LogP contribution in [0.3, 0.4) is 0 Å². The van der Waals surface area contributed by atoms with E-state index in [9.17, 15) is 0 Å². The number of benzene rings is 6. The van der Waals surface area contributed by atoms with Gasteiger partial charge in [0.1, 0.15) is 22.7 Å². The molecule has 0 N–H and O–H groups in total. The summed E-state index contributed by atoms with van der Waals surface area (Å²) in [5, 5.41) is 1.93. The van der Waals surface area contributed by atoms with E-state index in [4.69, 9.17) is 19.1 Å². The van der Waals surface area contributed by atoms with Crippen LogP contribution in [0.5, 0.6) is 11.5 Å². The molecule has 0 radical (unpaired) electrons. The third kappa shape index (κ3) is 5.86. The van der Waals surface area contributed by atoms with Crippen LogP contribution in [0.1, 0.15) is 22.3 Å². The Morgan fingerprint density at radius 2 is 1.39 bits per heavy atom. The lowest BCUT2D eigenvalue weighted by atomic mass is 9.98. The lowest BCUT2D eigenvalue weighted by molar-refractivity contribution is 0.479. The summed E-state index contributed by atoms with van der Waals surface area (Å²) >= 11 is 0. The van der Waals surface area contributed by atoms with Crippen LogP contribution in [0.4, 0.5) is 0 Å². The molecule has 46 heavy (non-hydrogen) atoms. The number of fused-ring (bicyclic) bond motifs is 3. The summed E-state index contributed by atoms with van der Waals surface area (Å²) in [6, 6.07) is 48.3. The third-order valence-corrected chi connectivity index (χ3v) is 7.90. The Hall–Kier alpha value is -6.07. The number of hydrogen-bond acceptors (Lipinski definition) is 3. The molecule has 0 saturated heterocycles. The van der Waals surface area contributed by atoms with Gasteiger partial charge in [-0.1, -0.05) is 97.1 Å². The minimum absolute atomic E-state index is 0.461. The number of ether oxygens (including phenoxy) is 1. The molecule has 0 amide bonds. The normalized spacial score (nSPS) is 12.0. The van der Waals surface area contributed by atoms with Crippen LogP contribution in [0.2, 0.25) is 0 Å². The number of aryl methyl sites for hydroxylation is 1. The summed E-state index contributed by atoms with van der Waals surface area (Å²) in [7, 11) is 0. The van der Waals surface area contributed by atoms with E-state index in [-0.39, 0.29) is 0 Å². The van der Waals surface area contributed by atoms with Gasteiger partial charge in [0.2, 0.25) is 0 Å². The summed E-state index contributed by atoms with van der Waals surface area (Å²) in [6.45, 7) is 6.43. The van der Waals surface area contributed by atoms with Gasteiger partial charge in [-0.15, -0.1) is 0 Å². The van der Waals surface area contributed by atoms with Gasteiger partial charge in [0.25, 0.3) is 0 Å². The molecule has 0 spiro atoms. The highest BCUT2D eigenvalue weighted by atomic mass is 16.5. The molecule has 0 aliphatic heterocycles. The van der Waals surface area contributed by atoms with Crippen molar-refractivity contribution in [2.24, 2.45) is 15.0 Å². The zero-order valence-electron chi connectivity index (χ0n) is 25.4. The van der Waals surface area contributed by atoms with E-state index in [0.29, 0.717) is 18.2 Å². The molecule has 0 atom stereocenters. The van der Waals surface area contributed by atoms with Crippen LogP contribution in [0, 0.1) is 6.92 Å². The smallest absolute Gasteiger partial charge is 0.161 e. The molecule has 0 fully saturated rings. The number of nitrogens with zero attached hydrogens (tertiary/aromatic N) is 3. The van der Waals surface area contributed by atoms with E-state index in [1.165, 1.54) is 0 Å². The van der Waals surface area contributed by atoms with Crippen LogP contribution in [-0.2, 0) is 6.54 Å². The number of amidine groups is 2.